The van der Waals surface area contributed by atoms with Gasteiger partial charge in [0.1, 0.15) is 5.69 Å². The lowest BCUT2D eigenvalue weighted by atomic mass is 10.1. The number of nitrogen functional groups attached to an aromatic ring is 1. The fourth-order valence-electron chi connectivity index (χ4n) is 2.02. The number of nitrogens with zero attached hydrogens (tertiary/aromatic N) is 1. The molecule has 0 fully saturated rings. The first-order valence-electron chi connectivity index (χ1n) is 6.30. The number of rotatable bonds is 3. The second-order valence-electron chi connectivity index (χ2n) is 4.53. The van der Waals surface area contributed by atoms with E-state index in [0.29, 0.717) is 17.9 Å². The highest BCUT2D eigenvalue weighted by Crippen LogP contribution is 2.21. The molecule has 21 heavy (non-hydrogen) atoms. The summed E-state index contributed by atoms with van der Waals surface area (Å²) in [6.45, 7) is 0.476. The Labute approximate surface area is 134 Å². The van der Waals surface area contributed by atoms with Crippen molar-refractivity contribution >= 4 is 49.8 Å². The predicted molar refractivity (Wildman–Crippen MR) is 89.3 cm³/mol. The van der Waals surface area contributed by atoms with Gasteiger partial charge < -0.3 is 11.1 Å². The number of halogens is 1. The normalized spacial score (nSPS) is 10.7. The number of benzene rings is 1. The lowest BCUT2D eigenvalue weighted by Crippen LogP contribution is -2.23. The predicted octanol–water partition coefficient (Wildman–Crippen LogP) is 3.57. The molecule has 0 spiro atoms. The number of fused-ring (bicyclic) bond motifs is 1. The molecular weight excluding hydrogens is 350 g/mol. The highest BCUT2D eigenvalue weighted by atomic mass is 79.9. The highest BCUT2D eigenvalue weighted by Gasteiger charge is 2.10. The van der Waals surface area contributed by atoms with Crippen molar-refractivity contribution in [2.24, 2.45) is 0 Å². The van der Waals surface area contributed by atoms with Gasteiger partial charge in [0.2, 0.25) is 0 Å². The summed E-state index contributed by atoms with van der Waals surface area (Å²) in [5.74, 6) is -0.225. The molecule has 0 saturated heterocycles. The quantitative estimate of drug-likeness (QED) is 0.749. The summed E-state index contributed by atoms with van der Waals surface area (Å²) in [6.07, 6.45) is 0. The molecule has 0 aliphatic carbocycles. The standard InChI is InChI=1S/C15H12BrN3OS/c16-9-5-10(21-8-9)7-18-15(20)14-6-12(17)11-3-1-2-4-13(11)19-14/h1-6,8H,7H2,(H2,17,19)(H,18,20). The molecule has 0 saturated carbocycles. The zero-order chi connectivity index (χ0) is 14.8. The molecule has 1 aromatic carbocycles. The molecule has 0 aliphatic heterocycles. The van der Waals surface area contributed by atoms with Crippen LogP contribution in [-0.2, 0) is 6.54 Å². The van der Waals surface area contributed by atoms with E-state index in [-0.39, 0.29) is 5.91 Å². The van der Waals surface area contributed by atoms with E-state index in [1.165, 1.54) is 0 Å². The number of hydrogen-bond donors (Lipinski definition) is 2. The average molecular weight is 362 g/mol. The topological polar surface area (TPSA) is 68.0 Å². The summed E-state index contributed by atoms with van der Waals surface area (Å²) in [7, 11) is 0. The molecule has 2 heterocycles. The van der Waals surface area contributed by atoms with Crippen LogP contribution in [0.3, 0.4) is 0 Å². The number of para-hydroxylation sites is 1. The van der Waals surface area contributed by atoms with Crippen LogP contribution < -0.4 is 11.1 Å². The van der Waals surface area contributed by atoms with Crippen molar-refractivity contribution in [3.05, 3.63) is 56.8 Å². The number of pyridine rings is 1. The Bertz CT molecular complexity index is 816. The Kier molecular flexibility index (Phi) is 3.90. The first-order valence-corrected chi connectivity index (χ1v) is 7.97. The number of nitrogens with one attached hydrogen (secondary N) is 1. The van der Waals surface area contributed by atoms with E-state index >= 15 is 0 Å². The molecule has 3 rings (SSSR count). The minimum atomic E-state index is -0.225. The van der Waals surface area contributed by atoms with Crippen molar-refractivity contribution in [3.63, 3.8) is 0 Å². The molecule has 0 bridgehead atoms. The monoisotopic (exact) mass is 361 g/mol. The second kappa shape index (κ2) is 5.83. The van der Waals surface area contributed by atoms with E-state index < -0.39 is 0 Å². The van der Waals surface area contributed by atoms with E-state index in [1.807, 2.05) is 35.7 Å². The lowest BCUT2D eigenvalue weighted by Gasteiger charge is -2.06. The smallest absolute Gasteiger partial charge is 0.270 e. The third-order valence-electron chi connectivity index (χ3n) is 3.03. The van der Waals surface area contributed by atoms with Gasteiger partial charge in [-0.2, -0.15) is 0 Å². The van der Waals surface area contributed by atoms with Crippen LogP contribution in [0, 0.1) is 0 Å². The summed E-state index contributed by atoms with van der Waals surface area (Å²) in [4.78, 5) is 17.6. The van der Waals surface area contributed by atoms with Gasteiger partial charge >= 0.3 is 0 Å². The number of carbonyl (C=O) groups excluding carboxylic acids is 1. The molecule has 1 amide bonds. The molecule has 0 atom stereocenters. The van der Waals surface area contributed by atoms with Crippen LogP contribution in [0.2, 0.25) is 0 Å². The van der Waals surface area contributed by atoms with Crippen LogP contribution in [0.4, 0.5) is 5.69 Å². The third-order valence-corrected chi connectivity index (χ3v) is 4.72. The van der Waals surface area contributed by atoms with Gasteiger partial charge in [0.25, 0.3) is 5.91 Å². The maximum absolute atomic E-state index is 12.2. The van der Waals surface area contributed by atoms with E-state index in [2.05, 4.69) is 26.2 Å². The van der Waals surface area contributed by atoms with Crippen molar-refractivity contribution in [1.82, 2.24) is 10.3 Å². The van der Waals surface area contributed by atoms with Crippen LogP contribution in [0.25, 0.3) is 10.9 Å². The summed E-state index contributed by atoms with van der Waals surface area (Å²) in [5.41, 5.74) is 7.60. The lowest BCUT2D eigenvalue weighted by molar-refractivity contribution is 0.0946. The Morgan fingerprint density at radius 1 is 1.33 bits per heavy atom. The number of nitrogens with two attached hydrogens (primary N) is 1. The van der Waals surface area contributed by atoms with E-state index in [0.717, 1.165) is 20.3 Å². The summed E-state index contributed by atoms with van der Waals surface area (Å²) >= 11 is 4.98. The van der Waals surface area contributed by atoms with Crippen molar-refractivity contribution in [2.75, 3.05) is 5.73 Å². The van der Waals surface area contributed by atoms with Crippen LogP contribution in [-0.4, -0.2) is 10.9 Å². The van der Waals surface area contributed by atoms with Gasteiger partial charge in [-0.25, -0.2) is 4.98 Å². The molecule has 3 aromatic rings. The Hall–Kier alpha value is -1.92. The molecule has 2 aromatic heterocycles. The SMILES string of the molecule is Nc1cc(C(=O)NCc2cc(Br)cs2)nc2ccccc12. The van der Waals surface area contributed by atoms with Crippen molar-refractivity contribution in [1.29, 1.82) is 0 Å². The van der Waals surface area contributed by atoms with Crippen LogP contribution in [0.5, 0.6) is 0 Å². The minimum absolute atomic E-state index is 0.225. The Balaban J connectivity index is 1.81. The molecular formula is C15H12BrN3OS. The molecule has 0 radical (unpaired) electrons. The highest BCUT2D eigenvalue weighted by molar-refractivity contribution is 9.10. The number of hydrogen-bond acceptors (Lipinski definition) is 4. The molecule has 106 valence electrons. The van der Waals surface area contributed by atoms with Gasteiger partial charge in [0, 0.05) is 25.8 Å². The second-order valence-corrected chi connectivity index (χ2v) is 6.44. The number of carbonyl (C=O) groups is 1. The average Bonchev–Trinajstić information content (AvgIpc) is 2.90. The minimum Gasteiger partial charge on any atom is -0.398 e. The Morgan fingerprint density at radius 2 is 2.14 bits per heavy atom. The van der Waals surface area contributed by atoms with Gasteiger partial charge in [0.15, 0.2) is 0 Å². The maximum atomic E-state index is 12.2. The summed E-state index contributed by atoms with van der Waals surface area (Å²) in [6, 6.07) is 11.1. The van der Waals surface area contributed by atoms with Crippen LogP contribution >= 0.6 is 27.3 Å². The van der Waals surface area contributed by atoms with Crippen LogP contribution in [0.15, 0.2) is 46.3 Å². The first-order chi connectivity index (χ1) is 10.1. The van der Waals surface area contributed by atoms with Gasteiger partial charge in [-0.05, 0) is 34.1 Å². The van der Waals surface area contributed by atoms with E-state index in [4.69, 9.17) is 5.73 Å². The van der Waals surface area contributed by atoms with Gasteiger partial charge in [-0.15, -0.1) is 11.3 Å². The van der Waals surface area contributed by atoms with E-state index in [9.17, 15) is 4.79 Å². The first kappa shape index (κ1) is 14.0. The van der Waals surface area contributed by atoms with Gasteiger partial charge in [-0.1, -0.05) is 18.2 Å². The third kappa shape index (κ3) is 3.06. The summed E-state index contributed by atoms with van der Waals surface area (Å²) < 4.78 is 1.02. The Morgan fingerprint density at radius 3 is 2.90 bits per heavy atom. The number of thiophene rings is 1. The largest absolute Gasteiger partial charge is 0.398 e. The fraction of sp³-hybridized carbons (Fsp3) is 0.0667. The molecule has 6 heteroatoms. The summed E-state index contributed by atoms with van der Waals surface area (Å²) in [5, 5.41) is 5.69. The molecule has 0 unspecified atom stereocenters. The fourth-order valence-corrected chi connectivity index (χ4v) is 3.41. The number of amides is 1. The van der Waals surface area contributed by atoms with Gasteiger partial charge in [-0.3, -0.25) is 4.79 Å². The number of anilines is 1. The molecule has 0 aliphatic rings. The van der Waals surface area contributed by atoms with Gasteiger partial charge in [0.05, 0.1) is 12.1 Å². The van der Waals surface area contributed by atoms with Crippen molar-refractivity contribution in [2.45, 2.75) is 6.54 Å². The zero-order valence-electron chi connectivity index (χ0n) is 11.0. The van der Waals surface area contributed by atoms with Crippen molar-refractivity contribution in [3.8, 4) is 0 Å². The molecule has 4 nitrogen and oxygen atoms in total. The maximum Gasteiger partial charge on any atom is 0.270 e. The van der Waals surface area contributed by atoms with Crippen molar-refractivity contribution < 1.29 is 4.79 Å². The van der Waals surface area contributed by atoms with E-state index in [1.54, 1.807) is 17.4 Å². The number of aromatic nitrogens is 1. The zero-order valence-corrected chi connectivity index (χ0v) is 13.4. The molecule has 3 N–H and O–H groups in total. The van der Waals surface area contributed by atoms with Crippen LogP contribution in [0.1, 0.15) is 15.4 Å².